The van der Waals surface area contributed by atoms with E-state index in [4.69, 9.17) is 10.5 Å². The molecule has 0 aliphatic heterocycles. The van der Waals surface area contributed by atoms with Gasteiger partial charge >= 0.3 is 0 Å². The van der Waals surface area contributed by atoms with E-state index in [1.807, 2.05) is 12.1 Å². The molecule has 3 nitrogen and oxygen atoms in total. The standard InChI is InChI=1S/C13H13FN2OS/c1-17-13-9(3-2-6-16-13)8-18-12-7-10(14)4-5-11(12)15/h2-7H,8,15H2,1H3. The maximum atomic E-state index is 13.1. The molecule has 0 bridgehead atoms. The molecule has 2 aromatic rings. The number of thioether (sulfide) groups is 1. The van der Waals surface area contributed by atoms with Crippen LogP contribution in [0.2, 0.25) is 0 Å². The fraction of sp³-hybridized carbons (Fsp3) is 0.154. The van der Waals surface area contributed by atoms with Gasteiger partial charge in [-0.25, -0.2) is 9.37 Å². The second-order valence-corrected chi connectivity index (χ2v) is 4.66. The molecule has 0 atom stereocenters. The summed E-state index contributed by atoms with van der Waals surface area (Å²) in [6.45, 7) is 0. The molecule has 0 aliphatic rings. The molecule has 2 rings (SSSR count). The number of hydrogen-bond donors (Lipinski definition) is 1. The Morgan fingerprint density at radius 2 is 2.22 bits per heavy atom. The Kier molecular flexibility index (Phi) is 4.04. The van der Waals surface area contributed by atoms with Crippen LogP contribution in [-0.4, -0.2) is 12.1 Å². The fourth-order valence-corrected chi connectivity index (χ4v) is 2.47. The van der Waals surface area contributed by atoms with Gasteiger partial charge in [0.25, 0.3) is 0 Å². The minimum Gasteiger partial charge on any atom is -0.481 e. The van der Waals surface area contributed by atoms with Gasteiger partial charge in [0.15, 0.2) is 0 Å². The van der Waals surface area contributed by atoms with Crippen LogP contribution in [0.1, 0.15) is 5.56 Å². The first-order valence-corrected chi connectivity index (χ1v) is 6.35. The van der Waals surface area contributed by atoms with Crippen molar-refractivity contribution in [3.8, 4) is 5.88 Å². The molecule has 1 heterocycles. The number of nitrogen functional groups attached to an aromatic ring is 1. The van der Waals surface area contributed by atoms with Gasteiger partial charge in [0, 0.05) is 28.1 Å². The highest BCUT2D eigenvalue weighted by Crippen LogP contribution is 2.30. The van der Waals surface area contributed by atoms with Crippen molar-refractivity contribution in [2.24, 2.45) is 0 Å². The van der Waals surface area contributed by atoms with Gasteiger partial charge in [-0.1, -0.05) is 6.07 Å². The number of methoxy groups -OCH3 is 1. The fourth-order valence-electron chi connectivity index (χ4n) is 1.51. The zero-order valence-electron chi connectivity index (χ0n) is 9.89. The predicted octanol–water partition coefficient (Wildman–Crippen LogP) is 3.10. The van der Waals surface area contributed by atoms with Crippen molar-refractivity contribution in [1.82, 2.24) is 4.98 Å². The molecular weight excluding hydrogens is 251 g/mol. The van der Waals surface area contributed by atoms with Crippen LogP contribution < -0.4 is 10.5 Å². The SMILES string of the molecule is COc1ncccc1CSc1cc(F)ccc1N. The second kappa shape index (κ2) is 5.73. The summed E-state index contributed by atoms with van der Waals surface area (Å²) in [5, 5.41) is 0. The van der Waals surface area contributed by atoms with E-state index < -0.39 is 0 Å². The number of halogens is 1. The molecule has 0 amide bonds. The van der Waals surface area contributed by atoms with Crippen LogP contribution in [0, 0.1) is 5.82 Å². The van der Waals surface area contributed by atoms with E-state index in [1.165, 1.54) is 23.9 Å². The highest BCUT2D eigenvalue weighted by atomic mass is 32.2. The first kappa shape index (κ1) is 12.7. The average molecular weight is 264 g/mol. The van der Waals surface area contributed by atoms with Crippen molar-refractivity contribution in [3.63, 3.8) is 0 Å². The normalized spacial score (nSPS) is 10.3. The quantitative estimate of drug-likeness (QED) is 0.681. The molecule has 2 N–H and O–H groups in total. The minimum atomic E-state index is -0.287. The molecule has 0 saturated heterocycles. The Balaban J connectivity index is 2.14. The molecular formula is C13H13FN2OS. The van der Waals surface area contributed by atoms with E-state index in [0.29, 0.717) is 17.3 Å². The Morgan fingerprint density at radius 3 is 3.00 bits per heavy atom. The Bertz CT molecular complexity index is 548. The highest BCUT2D eigenvalue weighted by Gasteiger charge is 2.06. The average Bonchev–Trinajstić information content (AvgIpc) is 2.40. The molecule has 0 spiro atoms. The van der Waals surface area contributed by atoms with E-state index in [-0.39, 0.29) is 5.82 Å². The van der Waals surface area contributed by atoms with Crippen LogP contribution in [0.15, 0.2) is 41.4 Å². The van der Waals surface area contributed by atoms with Crippen molar-refractivity contribution in [2.75, 3.05) is 12.8 Å². The topological polar surface area (TPSA) is 48.1 Å². The number of anilines is 1. The summed E-state index contributed by atoms with van der Waals surface area (Å²) in [5.41, 5.74) is 7.32. The van der Waals surface area contributed by atoms with Crippen LogP contribution in [0.5, 0.6) is 5.88 Å². The monoisotopic (exact) mass is 264 g/mol. The number of aromatic nitrogens is 1. The van der Waals surface area contributed by atoms with Crippen LogP contribution in [0.3, 0.4) is 0 Å². The van der Waals surface area contributed by atoms with Crippen LogP contribution >= 0.6 is 11.8 Å². The maximum absolute atomic E-state index is 13.1. The first-order chi connectivity index (χ1) is 8.70. The summed E-state index contributed by atoms with van der Waals surface area (Å²) in [7, 11) is 1.58. The van der Waals surface area contributed by atoms with Gasteiger partial charge in [0.1, 0.15) is 5.82 Å². The Morgan fingerprint density at radius 1 is 1.39 bits per heavy atom. The molecule has 0 fully saturated rings. The number of ether oxygens (including phenoxy) is 1. The van der Waals surface area contributed by atoms with Gasteiger partial charge < -0.3 is 10.5 Å². The zero-order valence-corrected chi connectivity index (χ0v) is 10.7. The van der Waals surface area contributed by atoms with Crippen LogP contribution in [0.25, 0.3) is 0 Å². The van der Waals surface area contributed by atoms with E-state index in [0.717, 1.165) is 10.5 Å². The molecule has 94 valence electrons. The lowest BCUT2D eigenvalue weighted by Crippen LogP contribution is -1.94. The first-order valence-electron chi connectivity index (χ1n) is 5.36. The van der Waals surface area contributed by atoms with Crippen LogP contribution in [-0.2, 0) is 5.75 Å². The van der Waals surface area contributed by atoms with Gasteiger partial charge in [0.2, 0.25) is 5.88 Å². The summed E-state index contributed by atoms with van der Waals surface area (Å²) < 4.78 is 18.3. The van der Waals surface area contributed by atoms with E-state index >= 15 is 0 Å². The minimum absolute atomic E-state index is 0.287. The third-order valence-electron chi connectivity index (χ3n) is 2.40. The highest BCUT2D eigenvalue weighted by molar-refractivity contribution is 7.98. The maximum Gasteiger partial charge on any atom is 0.217 e. The van der Waals surface area contributed by atoms with Crippen molar-refractivity contribution in [2.45, 2.75) is 10.6 Å². The number of nitrogens with zero attached hydrogens (tertiary/aromatic N) is 1. The van der Waals surface area contributed by atoms with Crippen molar-refractivity contribution in [1.29, 1.82) is 0 Å². The molecule has 0 unspecified atom stereocenters. The third-order valence-corrected chi connectivity index (χ3v) is 3.52. The number of nitrogens with two attached hydrogens (primary N) is 1. The molecule has 5 heteroatoms. The van der Waals surface area contributed by atoms with Crippen molar-refractivity contribution >= 4 is 17.4 Å². The molecule has 0 aliphatic carbocycles. The largest absolute Gasteiger partial charge is 0.481 e. The number of hydrogen-bond acceptors (Lipinski definition) is 4. The lowest BCUT2D eigenvalue weighted by atomic mass is 10.3. The Hall–Kier alpha value is -1.75. The van der Waals surface area contributed by atoms with Crippen molar-refractivity contribution < 1.29 is 9.13 Å². The third kappa shape index (κ3) is 2.92. The van der Waals surface area contributed by atoms with Gasteiger partial charge in [-0.3, -0.25) is 0 Å². The number of benzene rings is 1. The number of rotatable bonds is 4. The summed E-state index contributed by atoms with van der Waals surface area (Å²) in [5.74, 6) is 0.926. The van der Waals surface area contributed by atoms with Gasteiger partial charge in [-0.15, -0.1) is 11.8 Å². The zero-order chi connectivity index (χ0) is 13.0. The predicted molar refractivity (Wildman–Crippen MR) is 71.2 cm³/mol. The van der Waals surface area contributed by atoms with Crippen molar-refractivity contribution in [3.05, 3.63) is 47.9 Å². The van der Waals surface area contributed by atoms with Crippen LogP contribution in [0.4, 0.5) is 10.1 Å². The molecule has 0 radical (unpaired) electrons. The van der Waals surface area contributed by atoms with Gasteiger partial charge in [-0.2, -0.15) is 0 Å². The van der Waals surface area contributed by atoms with Gasteiger partial charge in [0.05, 0.1) is 7.11 Å². The smallest absolute Gasteiger partial charge is 0.217 e. The summed E-state index contributed by atoms with van der Waals surface area (Å²) in [6.07, 6.45) is 1.67. The van der Waals surface area contributed by atoms with E-state index in [1.54, 1.807) is 19.4 Å². The molecule has 0 saturated carbocycles. The Labute approximate surface area is 109 Å². The molecule has 18 heavy (non-hydrogen) atoms. The van der Waals surface area contributed by atoms with E-state index in [9.17, 15) is 4.39 Å². The summed E-state index contributed by atoms with van der Waals surface area (Å²) >= 11 is 1.46. The number of pyridine rings is 1. The molecule has 1 aromatic carbocycles. The summed E-state index contributed by atoms with van der Waals surface area (Å²) in [6, 6.07) is 8.12. The lowest BCUT2D eigenvalue weighted by Gasteiger charge is -2.08. The lowest BCUT2D eigenvalue weighted by molar-refractivity contribution is 0.394. The van der Waals surface area contributed by atoms with E-state index in [2.05, 4.69) is 4.98 Å². The molecule has 1 aromatic heterocycles. The van der Waals surface area contributed by atoms with Gasteiger partial charge in [-0.05, 0) is 24.3 Å². The second-order valence-electron chi connectivity index (χ2n) is 3.64. The summed E-state index contributed by atoms with van der Waals surface area (Å²) in [4.78, 5) is 4.83.